The Kier molecular flexibility index (Phi) is 6.48. The van der Waals surface area contributed by atoms with Crippen molar-refractivity contribution in [3.05, 3.63) is 34.3 Å². The minimum atomic E-state index is -0.408. The third-order valence-corrected chi connectivity index (χ3v) is 3.43. The highest BCUT2D eigenvalue weighted by Crippen LogP contribution is 2.12. The van der Waals surface area contributed by atoms with E-state index < -0.39 is 5.97 Å². The molecule has 0 amide bonds. The second-order valence-electron chi connectivity index (χ2n) is 4.35. The minimum absolute atomic E-state index is 0. The standard InChI is InChI=1S/C13H15BrN2O2.ClH/c1-16-8-6-12(7-9-16)15-18-13(17)10-2-4-11(14)5-3-10;/h2-5H,6-9H2,1H3;1H. The first-order chi connectivity index (χ1) is 8.65. The number of carbonyl (C=O) groups excluding carboxylic acids is 1. The van der Waals surface area contributed by atoms with Gasteiger partial charge in [0.15, 0.2) is 0 Å². The second kappa shape index (κ2) is 7.62. The van der Waals surface area contributed by atoms with E-state index in [1.807, 2.05) is 0 Å². The Balaban J connectivity index is 0.00000180. The maximum Gasteiger partial charge on any atom is 0.365 e. The van der Waals surface area contributed by atoms with Crippen LogP contribution < -0.4 is 0 Å². The van der Waals surface area contributed by atoms with Crippen LogP contribution in [0.15, 0.2) is 33.9 Å². The third-order valence-electron chi connectivity index (χ3n) is 2.90. The molecule has 1 aliphatic rings. The Morgan fingerprint density at radius 3 is 2.42 bits per heavy atom. The Bertz CT molecular complexity index is 452. The molecule has 6 heteroatoms. The molecule has 1 aliphatic heterocycles. The van der Waals surface area contributed by atoms with Gasteiger partial charge in [0.05, 0.1) is 11.3 Å². The highest BCUT2D eigenvalue weighted by Gasteiger charge is 2.13. The summed E-state index contributed by atoms with van der Waals surface area (Å²) in [5, 5.41) is 3.95. The predicted octanol–water partition coefficient (Wildman–Crippen LogP) is 3.11. The van der Waals surface area contributed by atoms with Gasteiger partial charge in [-0.1, -0.05) is 21.1 Å². The summed E-state index contributed by atoms with van der Waals surface area (Å²) in [4.78, 5) is 18.9. The Morgan fingerprint density at radius 2 is 1.84 bits per heavy atom. The van der Waals surface area contributed by atoms with Crippen molar-refractivity contribution >= 4 is 40.0 Å². The van der Waals surface area contributed by atoms with E-state index in [1.165, 1.54) is 0 Å². The molecule has 0 radical (unpaired) electrons. The predicted molar refractivity (Wildman–Crippen MR) is 81.0 cm³/mol. The van der Waals surface area contributed by atoms with Crippen LogP contribution in [-0.2, 0) is 4.84 Å². The molecule has 1 aromatic carbocycles. The Hall–Kier alpha value is -0.910. The van der Waals surface area contributed by atoms with Crippen LogP contribution in [0.25, 0.3) is 0 Å². The fraction of sp³-hybridized carbons (Fsp3) is 0.385. The van der Waals surface area contributed by atoms with Crippen LogP contribution in [0, 0.1) is 0 Å². The van der Waals surface area contributed by atoms with Gasteiger partial charge in [-0.2, -0.15) is 0 Å². The van der Waals surface area contributed by atoms with Gasteiger partial charge in [0.1, 0.15) is 0 Å². The van der Waals surface area contributed by atoms with Crippen LogP contribution in [0.2, 0.25) is 0 Å². The number of carbonyl (C=O) groups is 1. The fourth-order valence-corrected chi connectivity index (χ4v) is 1.98. The SMILES string of the molecule is CN1CCC(=NOC(=O)c2ccc(Br)cc2)CC1.Cl. The van der Waals surface area contributed by atoms with Gasteiger partial charge in [-0.15, -0.1) is 12.4 Å². The number of piperidine rings is 1. The number of oxime groups is 1. The fourth-order valence-electron chi connectivity index (χ4n) is 1.71. The first-order valence-electron chi connectivity index (χ1n) is 5.86. The van der Waals surface area contributed by atoms with Crippen molar-refractivity contribution in [1.29, 1.82) is 0 Å². The molecule has 1 aromatic rings. The molecule has 0 saturated carbocycles. The summed E-state index contributed by atoms with van der Waals surface area (Å²) in [6, 6.07) is 7.03. The minimum Gasteiger partial charge on any atom is -0.313 e. The van der Waals surface area contributed by atoms with Crippen LogP contribution in [0.1, 0.15) is 23.2 Å². The summed E-state index contributed by atoms with van der Waals surface area (Å²) >= 11 is 3.32. The van der Waals surface area contributed by atoms with Crippen LogP contribution in [0.4, 0.5) is 0 Å². The van der Waals surface area contributed by atoms with E-state index in [2.05, 4.69) is 33.0 Å². The average molecular weight is 348 g/mol. The molecule has 0 aliphatic carbocycles. The molecule has 0 spiro atoms. The van der Waals surface area contributed by atoms with E-state index in [9.17, 15) is 4.79 Å². The average Bonchev–Trinajstić information content (AvgIpc) is 2.38. The molecular weight excluding hydrogens is 332 g/mol. The summed E-state index contributed by atoms with van der Waals surface area (Å²) in [5.41, 5.74) is 1.47. The lowest BCUT2D eigenvalue weighted by Gasteiger charge is -2.22. The third kappa shape index (κ3) is 4.93. The number of hydrogen-bond acceptors (Lipinski definition) is 4. The molecule has 0 atom stereocenters. The van der Waals surface area contributed by atoms with E-state index in [0.717, 1.165) is 36.1 Å². The lowest BCUT2D eigenvalue weighted by atomic mass is 10.1. The number of nitrogens with zero attached hydrogens (tertiary/aromatic N) is 2. The Labute approximate surface area is 127 Å². The van der Waals surface area contributed by atoms with Crippen molar-refractivity contribution in [3.63, 3.8) is 0 Å². The highest BCUT2D eigenvalue weighted by atomic mass is 79.9. The molecule has 1 fully saturated rings. The molecule has 0 bridgehead atoms. The quantitative estimate of drug-likeness (QED) is 0.610. The normalized spacial score (nSPS) is 15.6. The number of likely N-dealkylation sites (tertiary alicyclic amines) is 1. The molecule has 0 unspecified atom stereocenters. The molecule has 104 valence electrons. The van der Waals surface area contributed by atoms with E-state index in [4.69, 9.17) is 4.84 Å². The number of hydrogen-bond donors (Lipinski definition) is 0. The second-order valence-corrected chi connectivity index (χ2v) is 5.26. The zero-order valence-corrected chi connectivity index (χ0v) is 13.0. The maximum absolute atomic E-state index is 11.7. The van der Waals surface area contributed by atoms with Gasteiger partial charge in [-0.3, -0.25) is 0 Å². The maximum atomic E-state index is 11.7. The molecule has 0 N–H and O–H groups in total. The molecule has 4 nitrogen and oxygen atoms in total. The Morgan fingerprint density at radius 1 is 1.26 bits per heavy atom. The number of halogens is 2. The molecule has 0 aromatic heterocycles. The first kappa shape index (κ1) is 16.1. The van der Waals surface area contributed by atoms with Crippen LogP contribution in [-0.4, -0.2) is 36.7 Å². The van der Waals surface area contributed by atoms with Crippen molar-refractivity contribution in [1.82, 2.24) is 4.90 Å². The molecule has 1 saturated heterocycles. The van der Waals surface area contributed by atoms with Gasteiger partial charge in [-0.25, -0.2) is 4.79 Å². The summed E-state index contributed by atoms with van der Waals surface area (Å²) in [6.07, 6.45) is 1.73. The summed E-state index contributed by atoms with van der Waals surface area (Å²) in [6.45, 7) is 1.93. The van der Waals surface area contributed by atoms with Crippen molar-refractivity contribution in [2.45, 2.75) is 12.8 Å². The summed E-state index contributed by atoms with van der Waals surface area (Å²) in [5.74, 6) is -0.408. The number of rotatable bonds is 2. The topological polar surface area (TPSA) is 41.9 Å². The van der Waals surface area contributed by atoms with Crippen LogP contribution >= 0.6 is 28.3 Å². The van der Waals surface area contributed by atoms with E-state index in [0.29, 0.717) is 5.56 Å². The zero-order valence-electron chi connectivity index (χ0n) is 10.6. The highest BCUT2D eigenvalue weighted by molar-refractivity contribution is 9.10. The molecule has 2 rings (SSSR count). The van der Waals surface area contributed by atoms with E-state index >= 15 is 0 Å². The smallest absolute Gasteiger partial charge is 0.313 e. The largest absolute Gasteiger partial charge is 0.365 e. The van der Waals surface area contributed by atoms with Crippen molar-refractivity contribution in [3.8, 4) is 0 Å². The van der Waals surface area contributed by atoms with Gasteiger partial charge in [0.2, 0.25) is 0 Å². The molecular formula is C13H16BrClN2O2. The van der Waals surface area contributed by atoms with E-state index in [-0.39, 0.29) is 12.4 Å². The molecule has 1 heterocycles. The zero-order chi connectivity index (χ0) is 13.0. The van der Waals surface area contributed by atoms with Crippen molar-refractivity contribution < 1.29 is 9.63 Å². The number of benzene rings is 1. The van der Waals surface area contributed by atoms with Gasteiger partial charge >= 0.3 is 5.97 Å². The van der Waals surface area contributed by atoms with Gasteiger partial charge in [0, 0.05) is 30.4 Å². The van der Waals surface area contributed by atoms with E-state index in [1.54, 1.807) is 24.3 Å². The summed E-state index contributed by atoms with van der Waals surface area (Å²) in [7, 11) is 2.07. The lowest BCUT2D eigenvalue weighted by molar-refractivity contribution is 0.0512. The van der Waals surface area contributed by atoms with Gasteiger partial charge < -0.3 is 9.74 Å². The first-order valence-corrected chi connectivity index (χ1v) is 6.65. The van der Waals surface area contributed by atoms with Gasteiger partial charge in [0.25, 0.3) is 0 Å². The van der Waals surface area contributed by atoms with Crippen LogP contribution in [0.5, 0.6) is 0 Å². The van der Waals surface area contributed by atoms with Crippen molar-refractivity contribution in [2.24, 2.45) is 5.16 Å². The summed E-state index contributed by atoms with van der Waals surface area (Å²) < 4.78 is 0.931. The van der Waals surface area contributed by atoms with Crippen LogP contribution in [0.3, 0.4) is 0 Å². The van der Waals surface area contributed by atoms with Crippen molar-refractivity contribution in [2.75, 3.05) is 20.1 Å². The monoisotopic (exact) mass is 346 g/mol. The molecule has 19 heavy (non-hydrogen) atoms. The lowest BCUT2D eigenvalue weighted by Crippen LogP contribution is -2.30. The van der Waals surface area contributed by atoms with Gasteiger partial charge in [-0.05, 0) is 31.3 Å².